The number of carbonyl (C=O) groups excluding carboxylic acids is 2. The summed E-state index contributed by atoms with van der Waals surface area (Å²) in [7, 11) is 1.28. The molecule has 184 valence electrons. The fourth-order valence-corrected chi connectivity index (χ4v) is 3.75. The van der Waals surface area contributed by atoms with Crippen molar-refractivity contribution in [3.63, 3.8) is 0 Å². The molecule has 3 aromatic rings. The number of carbonyl (C=O) groups is 2. The molecule has 0 fully saturated rings. The van der Waals surface area contributed by atoms with Crippen molar-refractivity contribution >= 4 is 39.6 Å². The minimum atomic E-state index is -0.621. The van der Waals surface area contributed by atoms with Crippen molar-refractivity contribution in [1.82, 2.24) is 0 Å². The number of methoxy groups -OCH3 is 1. The lowest BCUT2D eigenvalue weighted by Gasteiger charge is -2.15. The SMILES string of the molecule is CCOc1cc(/C=C(\C#N)C(=O)Nc2ccc(C(=O)OC)cc2)cc(Br)c1OCc1cccc(F)c1. The lowest BCUT2D eigenvalue weighted by Crippen LogP contribution is -2.13. The maximum atomic E-state index is 13.5. The van der Waals surface area contributed by atoms with Gasteiger partial charge < -0.3 is 19.5 Å². The van der Waals surface area contributed by atoms with Crippen molar-refractivity contribution in [2.24, 2.45) is 0 Å². The summed E-state index contributed by atoms with van der Waals surface area (Å²) in [5, 5.41) is 12.2. The molecule has 3 rings (SSSR count). The summed E-state index contributed by atoms with van der Waals surface area (Å²) in [5.74, 6) is -0.673. The van der Waals surface area contributed by atoms with Gasteiger partial charge in [0.05, 0.1) is 23.8 Å². The number of hydrogen-bond donors (Lipinski definition) is 1. The number of benzene rings is 3. The lowest BCUT2D eigenvalue weighted by atomic mass is 10.1. The second-order valence-corrected chi connectivity index (χ2v) is 8.23. The highest BCUT2D eigenvalue weighted by molar-refractivity contribution is 9.10. The van der Waals surface area contributed by atoms with E-state index in [2.05, 4.69) is 26.0 Å². The average molecular weight is 553 g/mol. The zero-order chi connectivity index (χ0) is 26.1. The molecule has 36 heavy (non-hydrogen) atoms. The quantitative estimate of drug-likeness (QED) is 0.201. The van der Waals surface area contributed by atoms with E-state index in [9.17, 15) is 19.2 Å². The van der Waals surface area contributed by atoms with Gasteiger partial charge in [0.2, 0.25) is 0 Å². The molecule has 3 aromatic carbocycles. The smallest absolute Gasteiger partial charge is 0.337 e. The highest BCUT2D eigenvalue weighted by Gasteiger charge is 2.15. The van der Waals surface area contributed by atoms with Gasteiger partial charge in [-0.15, -0.1) is 0 Å². The first kappa shape index (κ1) is 26.4. The summed E-state index contributed by atoms with van der Waals surface area (Å²) in [5.41, 5.74) is 1.77. The third-order valence-electron chi connectivity index (χ3n) is 4.84. The number of nitrogens with one attached hydrogen (secondary N) is 1. The van der Waals surface area contributed by atoms with Gasteiger partial charge in [0.1, 0.15) is 24.1 Å². The van der Waals surface area contributed by atoms with Crippen LogP contribution in [0.25, 0.3) is 6.08 Å². The number of ether oxygens (including phenoxy) is 3. The van der Waals surface area contributed by atoms with Gasteiger partial charge in [-0.05, 0) is 88.6 Å². The van der Waals surface area contributed by atoms with E-state index in [1.54, 1.807) is 24.3 Å². The summed E-state index contributed by atoms with van der Waals surface area (Å²) >= 11 is 3.45. The Hall–Kier alpha value is -4.16. The summed E-state index contributed by atoms with van der Waals surface area (Å²) in [6, 6.07) is 17.4. The van der Waals surface area contributed by atoms with E-state index in [4.69, 9.17) is 9.47 Å². The summed E-state index contributed by atoms with van der Waals surface area (Å²) < 4.78 is 30.2. The Kier molecular flexibility index (Phi) is 9.19. The first-order valence-corrected chi connectivity index (χ1v) is 11.6. The maximum absolute atomic E-state index is 13.5. The van der Waals surface area contributed by atoms with Gasteiger partial charge >= 0.3 is 5.97 Å². The van der Waals surface area contributed by atoms with Gasteiger partial charge in [0, 0.05) is 5.69 Å². The Bertz CT molecular complexity index is 1330. The zero-order valence-electron chi connectivity index (χ0n) is 19.5. The number of rotatable bonds is 9. The fourth-order valence-electron chi connectivity index (χ4n) is 3.18. The normalized spacial score (nSPS) is 10.8. The molecule has 1 N–H and O–H groups in total. The van der Waals surface area contributed by atoms with E-state index in [1.165, 1.54) is 49.6 Å². The molecule has 0 unspecified atom stereocenters. The van der Waals surface area contributed by atoms with Gasteiger partial charge in [-0.2, -0.15) is 5.26 Å². The molecular weight excluding hydrogens is 531 g/mol. The minimum Gasteiger partial charge on any atom is -0.490 e. The van der Waals surface area contributed by atoms with Crippen LogP contribution in [0, 0.1) is 17.1 Å². The molecule has 0 spiro atoms. The predicted molar refractivity (Wildman–Crippen MR) is 136 cm³/mol. The fraction of sp³-hybridized carbons (Fsp3) is 0.148. The standard InChI is InChI=1S/C27H22BrFN2O5/c1-3-35-24-14-18(13-23(28)25(24)36-16-17-5-4-6-21(29)12-17)11-20(15-30)26(32)31-22-9-7-19(8-10-22)27(33)34-2/h4-14H,3,16H2,1-2H3,(H,31,32)/b20-11+. The maximum Gasteiger partial charge on any atom is 0.337 e. The van der Waals surface area contributed by atoms with Gasteiger partial charge in [-0.1, -0.05) is 12.1 Å². The molecule has 9 heteroatoms. The molecule has 0 bridgehead atoms. The van der Waals surface area contributed by atoms with Crippen molar-refractivity contribution < 1.29 is 28.2 Å². The molecule has 1 amide bonds. The van der Waals surface area contributed by atoms with E-state index >= 15 is 0 Å². The van der Waals surface area contributed by atoms with Crippen LogP contribution in [0.3, 0.4) is 0 Å². The van der Waals surface area contributed by atoms with Gasteiger partial charge in [0.25, 0.3) is 5.91 Å². The molecule has 0 saturated heterocycles. The average Bonchev–Trinajstić information content (AvgIpc) is 2.87. The van der Waals surface area contributed by atoms with Crippen LogP contribution < -0.4 is 14.8 Å². The molecular formula is C27H22BrFN2O5. The first-order chi connectivity index (χ1) is 17.3. The number of amides is 1. The van der Waals surface area contributed by atoms with E-state index in [1.807, 2.05) is 13.0 Å². The highest BCUT2D eigenvalue weighted by atomic mass is 79.9. The van der Waals surface area contributed by atoms with E-state index in [0.29, 0.717) is 45.0 Å². The molecule has 0 heterocycles. The van der Waals surface area contributed by atoms with E-state index < -0.39 is 11.9 Å². The van der Waals surface area contributed by atoms with Crippen LogP contribution in [0.5, 0.6) is 11.5 Å². The molecule has 0 aromatic heterocycles. The minimum absolute atomic E-state index is 0.117. The van der Waals surface area contributed by atoms with Crippen LogP contribution in [-0.2, 0) is 16.1 Å². The molecule has 0 atom stereocenters. The largest absolute Gasteiger partial charge is 0.490 e. The molecule has 0 aliphatic heterocycles. The summed E-state index contributed by atoms with van der Waals surface area (Å²) in [6.45, 7) is 2.28. The molecule has 0 radical (unpaired) electrons. The Morgan fingerprint density at radius 2 is 1.86 bits per heavy atom. The predicted octanol–water partition coefficient (Wildman–Crippen LogP) is 5.90. The van der Waals surface area contributed by atoms with Gasteiger partial charge in [0.15, 0.2) is 11.5 Å². The van der Waals surface area contributed by atoms with Crippen LogP contribution in [0.4, 0.5) is 10.1 Å². The van der Waals surface area contributed by atoms with Crippen LogP contribution in [0.2, 0.25) is 0 Å². The number of nitrogens with zero attached hydrogens (tertiary/aromatic N) is 1. The summed E-state index contributed by atoms with van der Waals surface area (Å²) in [4.78, 5) is 24.2. The Morgan fingerprint density at radius 3 is 2.50 bits per heavy atom. The van der Waals surface area contributed by atoms with Crippen molar-refractivity contribution in [2.45, 2.75) is 13.5 Å². The van der Waals surface area contributed by atoms with Crippen LogP contribution in [0.1, 0.15) is 28.4 Å². The first-order valence-electron chi connectivity index (χ1n) is 10.8. The van der Waals surface area contributed by atoms with Crippen molar-refractivity contribution in [1.29, 1.82) is 5.26 Å². The van der Waals surface area contributed by atoms with Crippen LogP contribution in [0.15, 0.2) is 70.7 Å². The third-order valence-corrected chi connectivity index (χ3v) is 5.43. The Balaban J connectivity index is 1.81. The highest BCUT2D eigenvalue weighted by Crippen LogP contribution is 2.38. The molecule has 0 aliphatic carbocycles. The van der Waals surface area contributed by atoms with E-state index in [0.717, 1.165) is 0 Å². The second-order valence-electron chi connectivity index (χ2n) is 7.37. The Morgan fingerprint density at radius 1 is 1.11 bits per heavy atom. The number of esters is 1. The third kappa shape index (κ3) is 6.93. The number of anilines is 1. The van der Waals surface area contributed by atoms with Crippen LogP contribution >= 0.6 is 15.9 Å². The van der Waals surface area contributed by atoms with Gasteiger partial charge in [-0.3, -0.25) is 4.79 Å². The van der Waals surface area contributed by atoms with Crippen molar-refractivity contribution in [3.8, 4) is 17.6 Å². The lowest BCUT2D eigenvalue weighted by molar-refractivity contribution is -0.112. The van der Waals surface area contributed by atoms with Crippen molar-refractivity contribution in [3.05, 3.63) is 93.2 Å². The molecule has 0 saturated carbocycles. The Labute approximate surface area is 216 Å². The van der Waals surface area contributed by atoms with Crippen LogP contribution in [-0.4, -0.2) is 25.6 Å². The monoisotopic (exact) mass is 552 g/mol. The summed E-state index contributed by atoms with van der Waals surface area (Å²) in [6.07, 6.45) is 1.42. The molecule has 0 aliphatic rings. The van der Waals surface area contributed by atoms with Crippen molar-refractivity contribution in [2.75, 3.05) is 19.0 Å². The number of halogens is 2. The zero-order valence-corrected chi connectivity index (χ0v) is 21.1. The van der Waals surface area contributed by atoms with Gasteiger partial charge in [-0.25, -0.2) is 9.18 Å². The second kappa shape index (κ2) is 12.5. The molecule has 7 nitrogen and oxygen atoms in total. The number of hydrogen-bond acceptors (Lipinski definition) is 6. The van der Waals surface area contributed by atoms with E-state index in [-0.39, 0.29) is 18.0 Å². The topological polar surface area (TPSA) is 97.7 Å². The number of nitriles is 1.